The van der Waals surface area contributed by atoms with Gasteiger partial charge in [0, 0.05) is 24.9 Å². The number of fused-ring (bicyclic) bond motifs is 1. The molecule has 1 fully saturated rings. The van der Waals surface area contributed by atoms with Crippen LogP contribution in [0, 0.1) is 0 Å². The Kier molecular flexibility index (Phi) is 8.23. The molecule has 1 aromatic heterocycles. The molecule has 17 heteroatoms. The highest BCUT2D eigenvalue weighted by molar-refractivity contribution is 5.85. The first kappa shape index (κ1) is 28.9. The number of carbonyl (C=O) groups is 2. The Balaban J connectivity index is 0.00000432. The van der Waals surface area contributed by atoms with E-state index in [1.807, 2.05) is 0 Å². The second-order valence-electron chi connectivity index (χ2n) is 8.03. The van der Waals surface area contributed by atoms with Gasteiger partial charge in [0.05, 0.1) is 24.9 Å². The molecule has 0 saturated carbocycles. The number of nitrogens with two attached hydrogens (primary N) is 1. The second-order valence-corrected chi connectivity index (χ2v) is 8.03. The highest BCUT2D eigenvalue weighted by atomic mass is 35.5. The maximum absolute atomic E-state index is 13.6. The number of rotatable bonds is 4. The Morgan fingerprint density at radius 1 is 1.17 bits per heavy atom. The number of aliphatic hydroxyl groups is 1. The maximum atomic E-state index is 13.6. The molecule has 2 amide bonds. The van der Waals surface area contributed by atoms with Crippen LogP contribution in [0.25, 0.3) is 0 Å². The van der Waals surface area contributed by atoms with Crippen LogP contribution in [0.5, 0.6) is 0 Å². The van der Waals surface area contributed by atoms with Gasteiger partial charge in [0.1, 0.15) is 6.10 Å². The van der Waals surface area contributed by atoms with Gasteiger partial charge in [0.15, 0.2) is 5.69 Å². The summed E-state index contributed by atoms with van der Waals surface area (Å²) in [5, 5.41) is 9.49. The van der Waals surface area contributed by atoms with Gasteiger partial charge in [-0.05, 0) is 12.8 Å². The minimum Gasteiger partial charge on any atom is -0.383 e. The van der Waals surface area contributed by atoms with E-state index in [1.54, 1.807) is 0 Å². The van der Waals surface area contributed by atoms with Gasteiger partial charge in [-0.1, -0.05) is 0 Å². The zero-order chi connectivity index (χ0) is 25.6. The minimum atomic E-state index is -5.25. The van der Waals surface area contributed by atoms with Gasteiger partial charge >= 0.3 is 12.4 Å². The molecule has 0 radical (unpaired) electrons. The van der Waals surface area contributed by atoms with Crippen molar-refractivity contribution in [1.82, 2.24) is 19.8 Å². The van der Waals surface area contributed by atoms with E-state index in [-0.39, 0.29) is 25.4 Å². The highest BCUT2D eigenvalue weighted by Gasteiger charge is 2.46. The van der Waals surface area contributed by atoms with E-state index >= 15 is 0 Å². The number of alkyl halides is 8. The van der Waals surface area contributed by atoms with Gasteiger partial charge < -0.3 is 20.6 Å². The molecule has 0 spiro atoms. The second kappa shape index (κ2) is 9.97. The van der Waals surface area contributed by atoms with Crippen molar-refractivity contribution in [3.63, 3.8) is 0 Å². The van der Waals surface area contributed by atoms with Gasteiger partial charge in [0.2, 0.25) is 11.7 Å². The first-order chi connectivity index (χ1) is 15.5. The molecule has 2 unspecified atom stereocenters. The fraction of sp³-hybridized carbons (Fsp3) is 0.667. The quantitative estimate of drug-likeness (QED) is 0.565. The molecule has 3 N–H and O–H groups in total. The fourth-order valence-electron chi connectivity index (χ4n) is 3.82. The fourth-order valence-corrected chi connectivity index (χ4v) is 3.82. The topological polar surface area (TPSA) is 113 Å². The summed E-state index contributed by atoms with van der Waals surface area (Å²) in [6, 6.07) is 0. The van der Waals surface area contributed by atoms with Gasteiger partial charge in [0.25, 0.3) is 11.8 Å². The van der Waals surface area contributed by atoms with Gasteiger partial charge in [-0.3, -0.25) is 9.59 Å². The standard InChI is InChI=1S/C18H19F8N5O3.ClH/c19-16(20)5-10(32)14(34)31(7-16)11(27)1-2-12(33)30-4-3-8-9(6-30)28-15(18(24,25)26)29-13(8)17(21,22)23;/h10-11,32H,1-7,27H2;1H. The maximum Gasteiger partial charge on any atom is 0.451 e. The van der Waals surface area contributed by atoms with Crippen LogP contribution in [-0.2, 0) is 34.9 Å². The van der Waals surface area contributed by atoms with Crippen LogP contribution in [0.4, 0.5) is 35.1 Å². The molecule has 0 aromatic carbocycles. The molecular formula is C18H20ClF8N5O3. The first-order valence-electron chi connectivity index (χ1n) is 9.93. The van der Waals surface area contributed by atoms with Crippen molar-refractivity contribution in [2.24, 2.45) is 5.73 Å². The Hall–Kier alpha value is -2.33. The largest absolute Gasteiger partial charge is 0.451 e. The molecule has 35 heavy (non-hydrogen) atoms. The van der Waals surface area contributed by atoms with E-state index in [0.717, 1.165) is 4.90 Å². The van der Waals surface area contributed by atoms with Crippen LogP contribution in [0.2, 0.25) is 0 Å². The molecule has 1 saturated heterocycles. The number of hydrogen-bond acceptors (Lipinski definition) is 6. The van der Waals surface area contributed by atoms with Crippen LogP contribution in [0.3, 0.4) is 0 Å². The number of aromatic nitrogens is 2. The SMILES string of the molecule is Cl.NC(CCC(=O)N1CCc2c(nc(C(F)(F)F)nc2C(F)(F)F)C1)N1CC(F)(F)CC(O)C1=O. The summed E-state index contributed by atoms with van der Waals surface area (Å²) in [7, 11) is 0. The van der Waals surface area contributed by atoms with Crippen LogP contribution in [0.15, 0.2) is 0 Å². The van der Waals surface area contributed by atoms with Crippen molar-refractivity contribution >= 4 is 24.2 Å². The monoisotopic (exact) mass is 541 g/mol. The van der Waals surface area contributed by atoms with E-state index in [2.05, 4.69) is 9.97 Å². The van der Waals surface area contributed by atoms with Crippen LogP contribution in [0.1, 0.15) is 42.0 Å². The van der Waals surface area contributed by atoms with Crippen molar-refractivity contribution in [2.45, 2.75) is 62.8 Å². The highest BCUT2D eigenvalue weighted by Crippen LogP contribution is 2.37. The third-order valence-corrected chi connectivity index (χ3v) is 5.46. The minimum absolute atomic E-state index is 0. The Morgan fingerprint density at radius 2 is 1.80 bits per heavy atom. The summed E-state index contributed by atoms with van der Waals surface area (Å²) in [5.41, 5.74) is 2.86. The number of halogens is 9. The van der Waals surface area contributed by atoms with Crippen LogP contribution in [-0.4, -0.2) is 68.0 Å². The van der Waals surface area contributed by atoms with Gasteiger partial charge in [-0.2, -0.15) is 26.3 Å². The van der Waals surface area contributed by atoms with Crippen molar-refractivity contribution in [3.8, 4) is 0 Å². The van der Waals surface area contributed by atoms with E-state index in [0.29, 0.717) is 4.90 Å². The predicted octanol–water partition coefficient (Wildman–Crippen LogP) is 2.11. The molecular weight excluding hydrogens is 522 g/mol. The van der Waals surface area contributed by atoms with E-state index in [1.165, 1.54) is 0 Å². The molecule has 2 atom stereocenters. The smallest absolute Gasteiger partial charge is 0.383 e. The lowest BCUT2D eigenvalue weighted by molar-refractivity contribution is -0.168. The number of piperidine rings is 1. The first-order valence-corrected chi connectivity index (χ1v) is 9.93. The third kappa shape index (κ3) is 6.46. The summed E-state index contributed by atoms with van der Waals surface area (Å²) < 4.78 is 106. The average Bonchev–Trinajstić information content (AvgIpc) is 2.71. The van der Waals surface area contributed by atoms with Crippen LogP contribution < -0.4 is 5.73 Å². The Morgan fingerprint density at radius 3 is 2.37 bits per heavy atom. The number of likely N-dealkylation sites (tertiary alicyclic amines) is 1. The normalized spacial score (nSPS) is 21.3. The molecule has 0 bridgehead atoms. The predicted molar refractivity (Wildman–Crippen MR) is 103 cm³/mol. The van der Waals surface area contributed by atoms with Crippen molar-refractivity contribution in [3.05, 3.63) is 22.8 Å². The van der Waals surface area contributed by atoms with E-state index < -0.39 is 97.5 Å². The van der Waals surface area contributed by atoms with Gasteiger partial charge in [-0.15, -0.1) is 12.4 Å². The molecule has 2 aliphatic rings. The van der Waals surface area contributed by atoms with Crippen molar-refractivity contribution in [2.75, 3.05) is 13.1 Å². The molecule has 3 heterocycles. The van der Waals surface area contributed by atoms with E-state index in [4.69, 9.17) is 5.73 Å². The zero-order valence-corrected chi connectivity index (χ0v) is 18.5. The van der Waals surface area contributed by atoms with Crippen LogP contribution >= 0.6 is 12.4 Å². The number of nitrogens with zero attached hydrogens (tertiary/aromatic N) is 4. The number of carbonyl (C=O) groups excluding carboxylic acids is 2. The third-order valence-electron chi connectivity index (χ3n) is 5.46. The summed E-state index contributed by atoms with van der Waals surface area (Å²) in [6.45, 7) is -2.00. The molecule has 198 valence electrons. The molecule has 3 rings (SSSR count). The molecule has 1 aromatic rings. The lowest BCUT2D eigenvalue weighted by atomic mass is 10.0. The van der Waals surface area contributed by atoms with Crippen molar-refractivity contribution in [1.29, 1.82) is 0 Å². The average molecular weight is 542 g/mol. The van der Waals surface area contributed by atoms with Crippen molar-refractivity contribution < 1.29 is 49.8 Å². The molecule has 8 nitrogen and oxygen atoms in total. The number of aliphatic hydroxyl groups excluding tert-OH is 1. The lowest BCUT2D eigenvalue weighted by Gasteiger charge is -2.38. The number of hydrogen-bond donors (Lipinski definition) is 2. The zero-order valence-electron chi connectivity index (χ0n) is 17.7. The summed E-state index contributed by atoms with van der Waals surface area (Å²) >= 11 is 0. The summed E-state index contributed by atoms with van der Waals surface area (Å²) in [4.78, 5) is 31.8. The lowest BCUT2D eigenvalue weighted by Crippen LogP contribution is -2.59. The number of amides is 2. The summed E-state index contributed by atoms with van der Waals surface area (Å²) in [6.07, 6.45) is -16.0. The molecule has 0 aliphatic carbocycles. The Labute approximate surface area is 198 Å². The summed E-state index contributed by atoms with van der Waals surface area (Å²) in [5.74, 6) is -7.15. The van der Waals surface area contributed by atoms with Gasteiger partial charge in [-0.25, -0.2) is 18.7 Å². The molecule has 2 aliphatic heterocycles. The Bertz CT molecular complexity index is 975. The van der Waals surface area contributed by atoms with E-state index in [9.17, 15) is 49.8 Å².